The number of amides is 1. The number of nitrogens with zero attached hydrogens (tertiary/aromatic N) is 2. The molecule has 1 unspecified atom stereocenters. The Morgan fingerprint density at radius 2 is 2.19 bits per heavy atom. The van der Waals surface area contributed by atoms with Gasteiger partial charge in [0.05, 0.1) is 6.04 Å². The molecule has 1 aliphatic rings. The third-order valence-electron chi connectivity index (χ3n) is 3.80. The van der Waals surface area contributed by atoms with Gasteiger partial charge in [0.15, 0.2) is 0 Å². The van der Waals surface area contributed by atoms with Gasteiger partial charge < -0.3 is 5.32 Å². The number of aromatic nitrogens is 1. The molecule has 1 aromatic heterocycles. The molecular weight excluding hydrogens is 262 g/mol. The smallest absolute Gasteiger partial charge is 0.237 e. The number of hydrogen-bond acceptors (Lipinski definition) is 3. The Hall–Kier alpha value is -1.42. The lowest BCUT2D eigenvalue weighted by Gasteiger charge is -2.36. The second kappa shape index (κ2) is 7.03. The molecule has 0 radical (unpaired) electrons. The monoisotopic (exact) mass is 289 g/mol. The van der Waals surface area contributed by atoms with Gasteiger partial charge in [-0.3, -0.25) is 14.7 Å². The van der Waals surface area contributed by atoms with Gasteiger partial charge in [-0.05, 0) is 52.3 Å². The molecule has 1 fully saturated rings. The highest BCUT2D eigenvalue weighted by Gasteiger charge is 2.30. The van der Waals surface area contributed by atoms with Gasteiger partial charge in [0.2, 0.25) is 5.91 Å². The predicted molar refractivity (Wildman–Crippen MR) is 85.0 cm³/mol. The summed E-state index contributed by atoms with van der Waals surface area (Å²) in [7, 11) is 0. The van der Waals surface area contributed by atoms with Gasteiger partial charge in [-0.1, -0.05) is 12.5 Å². The molecule has 1 amide bonds. The second-order valence-electron chi connectivity index (χ2n) is 6.86. The van der Waals surface area contributed by atoms with Crippen molar-refractivity contribution >= 4 is 5.91 Å². The molecule has 2 heterocycles. The first kappa shape index (κ1) is 16.0. The number of hydrogen-bond donors (Lipinski definition) is 1. The molecule has 0 spiro atoms. The largest absolute Gasteiger partial charge is 0.350 e. The topological polar surface area (TPSA) is 45.2 Å². The molecule has 1 aliphatic heterocycles. The quantitative estimate of drug-likeness (QED) is 0.925. The summed E-state index contributed by atoms with van der Waals surface area (Å²) in [5.74, 6) is 0.170. The van der Waals surface area contributed by atoms with Crippen molar-refractivity contribution in [1.29, 1.82) is 0 Å². The summed E-state index contributed by atoms with van der Waals surface area (Å²) < 4.78 is 0. The number of nitrogens with one attached hydrogen (secondary N) is 1. The van der Waals surface area contributed by atoms with Crippen LogP contribution in [0.2, 0.25) is 0 Å². The SMILES string of the molecule is CC(C)(C)NC(=O)C1CCCCN1CCc1ccccn1. The Kier molecular flexibility index (Phi) is 5.34. The van der Waals surface area contributed by atoms with Crippen LogP contribution in [0, 0.1) is 0 Å². The average Bonchev–Trinajstić information content (AvgIpc) is 2.45. The number of rotatable bonds is 4. The molecule has 4 nitrogen and oxygen atoms in total. The summed E-state index contributed by atoms with van der Waals surface area (Å²) in [4.78, 5) is 19.2. The van der Waals surface area contributed by atoms with Crippen LogP contribution in [-0.4, -0.2) is 40.5 Å². The Labute approximate surface area is 127 Å². The van der Waals surface area contributed by atoms with Gasteiger partial charge in [0, 0.05) is 30.4 Å². The minimum absolute atomic E-state index is 0.0155. The highest BCUT2D eigenvalue weighted by atomic mass is 16.2. The van der Waals surface area contributed by atoms with E-state index in [2.05, 4.69) is 15.2 Å². The first-order valence-corrected chi connectivity index (χ1v) is 7.92. The van der Waals surface area contributed by atoms with Crippen LogP contribution in [0.4, 0.5) is 0 Å². The lowest BCUT2D eigenvalue weighted by atomic mass is 9.99. The van der Waals surface area contributed by atoms with Crippen LogP contribution in [0.3, 0.4) is 0 Å². The summed E-state index contributed by atoms with van der Waals surface area (Å²) in [5, 5.41) is 3.12. The van der Waals surface area contributed by atoms with Crippen molar-refractivity contribution in [2.75, 3.05) is 13.1 Å². The number of pyridine rings is 1. The van der Waals surface area contributed by atoms with E-state index in [0.717, 1.165) is 38.0 Å². The Morgan fingerprint density at radius 1 is 1.38 bits per heavy atom. The van der Waals surface area contributed by atoms with Crippen molar-refractivity contribution in [1.82, 2.24) is 15.2 Å². The zero-order valence-corrected chi connectivity index (χ0v) is 13.4. The van der Waals surface area contributed by atoms with E-state index in [4.69, 9.17) is 0 Å². The van der Waals surface area contributed by atoms with E-state index in [0.29, 0.717) is 0 Å². The molecule has 116 valence electrons. The van der Waals surface area contributed by atoms with E-state index in [9.17, 15) is 4.79 Å². The number of piperidine rings is 1. The Morgan fingerprint density at radius 3 is 2.86 bits per heavy atom. The van der Waals surface area contributed by atoms with Crippen molar-refractivity contribution in [3.05, 3.63) is 30.1 Å². The molecular formula is C17H27N3O. The summed E-state index contributed by atoms with van der Waals surface area (Å²) in [6, 6.07) is 6.02. The van der Waals surface area contributed by atoms with Crippen LogP contribution in [-0.2, 0) is 11.2 Å². The third kappa shape index (κ3) is 5.12. The molecule has 4 heteroatoms. The highest BCUT2D eigenvalue weighted by Crippen LogP contribution is 2.18. The van der Waals surface area contributed by atoms with Gasteiger partial charge in [0.1, 0.15) is 0 Å². The van der Waals surface area contributed by atoms with Crippen LogP contribution in [0.1, 0.15) is 45.7 Å². The third-order valence-corrected chi connectivity index (χ3v) is 3.80. The molecule has 1 aromatic rings. The second-order valence-corrected chi connectivity index (χ2v) is 6.86. The van der Waals surface area contributed by atoms with Crippen molar-refractivity contribution in [2.45, 2.75) is 58.0 Å². The number of carbonyl (C=O) groups excluding carboxylic acids is 1. The average molecular weight is 289 g/mol. The molecule has 0 saturated carbocycles. The van der Waals surface area contributed by atoms with Crippen LogP contribution in [0.15, 0.2) is 24.4 Å². The van der Waals surface area contributed by atoms with Crippen LogP contribution < -0.4 is 5.32 Å². The maximum atomic E-state index is 12.5. The summed E-state index contributed by atoms with van der Waals surface area (Å²) in [6.45, 7) is 8.01. The summed E-state index contributed by atoms with van der Waals surface area (Å²) in [6.07, 6.45) is 6.02. The highest BCUT2D eigenvalue weighted by molar-refractivity contribution is 5.82. The molecule has 1 N–H and O–H groups in total. The molecule has 1 saturated heterocycles. The molecule has 0 bridgehead atoms. The fourth-order valence-electron chi connectivity index (χ4n) is 2.81. The van der Waals surface area contributed by atoms with Crippen molar-refractivity contribution in [3.8, 4) is 0 Å². The molecule has 2 rings (SSSR count). The first-order chi connectivity index (χ1) is 9.96. The number of likely N-dealkylation sites (tertiary alicyclic amines) is 1. The maximum Gasteiger partial charge on any atom is 0.237 e. The van der Waals surface area contributed by atoms with Gasteiger partial charge >= 0.3 is 0 Å². The van der Waals surface area contributed by atoms with Crippen molar-refractivity contribution in [2.24, 2.45) is 0 Å². The van der Waals surface area contributed by atoms with E-state index in [1.165, 1.54) is 6.42 Å². The standard InChI is InChI=1S/C17H27N3O/c1-17(2,3)19-16(21)15-9-5-7-12-20(15)13-10-14-8-4-6-11-18-14/h4,6,8,11,15H,5,7,9-10,12-13H2,1-3H3,(H,19,21). The van der Waals surface area contributed by atoms with E-state index in [1.807, 2.05) is 45.2 Å². The normalized spacial score (nSPS) is 20.2. The van der Waals surface area contributed by atoms with Gasteiger partial charge in [0.25, 0.3) is 0 Å². The van der Waals surface area contributed by atoms with Crippen molar-refractivity contribution < 1.29 is 4.79 Å². The maximum absolute atomic E-state index is 12.5. The fraction of sp³-hybridized carbons (Fsp3) is 0.647. The van der Waals surface area contributed by atoms with E-state index in [-0.39, 0.29) is 17.5 Å². The van der Waals surface area contributed by atoms with E-state index in [1.54, 1.807) is 0 Å². The van der Waals surface area contributed by atoms with Gasteiger partial charge in [-0.15, -0.1) is 0 Å². The molecule has 1 atom stereocenters. The zero-order chi connectivity index (χ0) is 15.3. The summed E-state index contributed by atoms with van der Waals surface area (Å²) >= 11 is 0. The Balaban J connectivity index is 1.94. The first-order valence-electron chi connectivity index (χ1n) is 7.92. The fourth-order valence-corrected chi connectivity index (χ4v) is 2.81. The predicted octanol–water partition coefficient (Wildman–Crippen LogP) is 2.39. The van der Waals surface area contributed by atoms with E-state index < -0.39 is 0 Å². The molecule has 0 aliphatic carbocycles. The number of carbonyl (C=O) groups is 1. The van der Waals surface area contributed by atoms with Gasteiger partial charge in [-0.25, -0.2) is 0 Å². The van der Waals surface area contributed by atoms with Crippen molar-refractivity contribution in [3.63, 3.8) is 0 Å². The lowest BCUT2D eigenvalue weighted by molar-refractivity contribution is -0.129. The summed E-state index contributed by atoms with van der Waals surface area (Å²) in [5.41, 5.74) is 0.930. The molecule has 21 heavy (non-hydrogen) atoms. The van der Waals surface area contributed by atoms with Crippen LogP contribution >= 0.6 is 0 Å². The van der Waals surface area contributed by atoms with E-state index >= 15 is 0 Å². The Bertz CT molecular complexity index is 453. The van der Waals surface area contributed by atoms with Crippen LogP contribution in [0.5, 0.6) is 0 Å². The minimum Gasteiger partial charge on any atom is -0.350 e. The zero-order valence-electron chi connectivity index (χ0n) is 13.4. The van der Waals surface area contributed by atoms with Gasteiger partial charge in [-0.2, -0.15) is 0 Å². The van der Waals surface area contributed by atoms with Crippen LogP contribution in [0.25, 0.3) is 0 Å². The minimum atomic E-state index is -0.165. The molecule has 0 aromatic carbocycles. The lowest BCUT2D eigenvalue weighted by Crippen LogP contribution is -2.54.